The summed E-state index contributed by atoms with van der Waals surface area (Å²) >= 11 is 6.25. The molecule has 0 fully saturated rings. The summed E-state index contributed by atoms with van der Waals surface area (Å²) in [7, 11) is 0. The zero-order valence-electron chi connectivity index (χ0n) is 16.9. The first kappa shape index (κ1) is 21.2. The highest BCUT2D eigenvalue weighted by Crippen LogP contribution is 2.31. The second kappa shape index (κ2) is 9.33. The molecule has 0 aromatic heterocycles. The Morgan fingerprint density at radius 3 is 2.38 bits per heavy atom. The normalized spacial score (nSPS) is 15.9. The number of fused-ring (bicyclic) bond motifs is 1. The van der Waals surface area contributed by atoms with E-state index in [2.05, 4.69) is 9.98 Å². The molecule has 0 spiro atoms. The van der Waals surface area contributed by atoms with E-state index in [-0.39, 0.29) is 11.9 Å². The van der Waals surface area contributed by atoms with Crippen LogP contribution in [0.25, 0.3) is 10.8 Å². The first-order valence-electron chi connectivity index (χ1n) is 9.81. The van der Waals surface area contributed by atoms with Crippen molar-refractivity contribution in [2.45, 2.75) is 45.2 Å². The zero-order chi connectivity index (χ0) is 20.9. The molecule has 1 heterocycles. The average molecular weight is 418 g/mol. The summed E-state index contributed by atoms with van der Waals surface area (Å²) in [4.78, 5) is 14.0. The molecule has 0 saturated heterocycles. The predicted molar refractivity (Wildman–Crippen MR) is 118 cm³/mol. The maximum atomic E-state index is 6.25. The molecule has 156 valence electrons. The molecule has 29 heavy (non-hydrogen) atoms. The highest BCUT2D eigenvalue weighted by Gasteiger charge is 2.32. The van der Waals surface area contributed by atoms with Crippen LogP contribution < -0.4 is 16.2 Å². The largest absolute Gasteiger partial charge is 0.493 e. The second-order valence-electron chi connectivity index (χ2n) is 7.42. The molecule has 4 N–H and O–H groups in total. The lowest BCUT2D eigenvalue weighted by Gasteiger charge is -2.36. The fourth-order valence-corrected chi connectivity index (χ4v) is 3.50. The third-order valence-electron chi connectivity index (χ3n) is 4.67. The maximum Gasteiger partial charge on any atom is 0.226 e. The summed E-state index contributed by atoms with van der Waals surface area (Å²) < 4.78 is 5.97. The number of nitrogens with two attached hydrogens (primary N) is 2. The monoisotopic (exact) mass is 417 g/mol. The first-order chi connectivity index (χ1) is 13.9. The van der Waals surface area contributed by atoms with E-state index in [1.807, 2.05) is 50.2 Å². The number of nitrogens with zero attached hydrogens (tertiary/aromatic N) is 3. The summed E-state index contributed by atoms with van der Waals surface area (Å²) in [5.41, 5.74) is 10.9. The van der Waals surface area contributed by atoms with Gasteiger partial charge >= 0.3 is 0 Å². The minimum atomic E-state index is -0.662. The molecule has 3 rings (SSSR count). The zero-order valence-corrected chi connectivity index (χ0v) is 17.7. The van der Waals surface area contributed by atoms with Crippen LogP contribution >= 0.6 is 11.6 Å². The molecule has 0 bridgehead atoms. The number of rotatable bonds is 9. The number of benzene rings is 2. The average Bonchev–Trinajstić information content (AvgIpc) is 2.66. The molecule has 0 radical (unpaired) electrons. The topological polar surface area (TPSA) is 98.5 Å². The van der Waals surface area contributed by atoms with Crippen LogP contribution in [0, 0.1) is 0 Å². The van der Waals surface area contributed by atoms with Gasteiger partial charge in [0.1, 0.15) is 5.75 Å². The lowest BCUT2D eigenvalue weighted by atomic mass is 10.1. The van der Waals surface area contributed by atoms with Gasteiger partial charge in [-0.25, -0.2) is 4.99 Å². The Morgan fingerprint density at radius 2 is 1.66 bits per heavy atom. The van der Waals surface area contributed by atoms with Crippen LogP contribution in [0.3, 0.4) is 0 Å². The van der Waals surface area contributed by atoms with Crippen molar-refractivity contribution in [3.05, 3.63) is 41.4 Å². The molecule has 2 aromatic rings. The Hall–Kier alpha value is -2.51. The molecular formula is C21H28ClN5O2. The minimum absolute atomic E-state index is 0.167. The van der Waals surface area contributed by atoms with Crippen molar-refractivity contribution in [3.8, 4) is 5.75 Å². The van der Waals surface area contributed by atoms with E-state index < -0.39 is 5.66 Å². The molecule has 1 aliphatic heterocycles. The lowest BCUT2D eigenvalue weighted by Crippen LogP contribution is -2.53. The van der Waals surface area contributed by atoms with Gasteiger partial charge in [0.2, 0.25) is 11.9 Å². The number of hydrogen-bond acceptors (Lipinski definition) is 7. The molecular weight excluding hydrogens is 390 g/mol. The van der Waals surface area contributed by atoms with Crippen molar-refractivity contribution < 1.29 is 9.57 Å². The van der Waals surface area contributed by atoms with Gasteiger partial charge in [0.25, 0.3) is 0 Å². The lowest BCUT2D eigenvalue weighted by molar-refractivity contribution is -0.157. The Kier molecular flexibility index (Phi) is 6.82. The van der Waals surface area contributed by atoms with Crippen LogP contribution in [-0.4, -0.2) is 35.9 Å². The maximum absolute atomic E-state index is 6.25. The van der Waals surface area contributed by atoms with Gasteiger partial charge in [0.15, 0.2) is 5.66 Å². The van der Waals surface area contributed by atoms with Gasteiger partial charge in [0, 0.05) is 15.8 Å². The first-order valence-corrected chi connectivity index (χ1v) is 10.2. The smallest absolute Gasteiger partial charge is 0.226 e. The molecule has 2 aromatic carbocycles. The van der Waals surface area contributed by atoms with Crippen LogP contribution in [0.5, 0.6) is 5.75 Å². The van der Waals surface area contributed by atoms with E-state index >= 15 is 0 Å². The number of unbranched alkanes of at least 4 members (excludes halogenated alkanes) is 3. The molecule has 8 heteroatoms. The summed E-state index contributed by atoms with van der Waals surface area (Å²) in [5.74, 6) is 1.27. The van der Waals surface area contributed by atoms with Gasteiger partial charge in [-0.05, 0) is 45.2 Å². The number of hydrogen-bond donors (Lipinski definition) is 2. The fourth-order valence-electron chi connectivity index (χ4n) is 3.27. The van der Waals surface area contributed by atoms with Crippen LogP contribution in [-0.2, 0) is 4.84 Å². The molecule has 1 aliphatic rings. The summed E-state index contributed by atoms with van der Waals surface area (Å²) in [6.45, 7) is 4.95. The van der Waals surface area contributed by atoms with E-state index in [0.29, 0.717) is 13.2 Å². The van der Waals surface area contributed by atoms with Crippen LogP contribution in [0.4, 0.5) is 0 Å². The van der Waals surface area contributed by atoms with Crippen molar-refractivity contribution in [2.24, 2.45) is 21.5 Å². The van der Waals surface area contributed by atoms with E-state index in [4.69, 9.17) is 32.6 Å². The van der Waals surface area contributed by atoms with Gasteiger partial charge in [-0.3, -0.25) is 4.84 Å². The molecule has 0 saturated carbocycles. The van der Waals surface area contributed by atoms with Crippen molar-refractivity contribution in [2.75, 3.05) is 13.2 Å². The third-order valence-corrected chi connectivity index (χ3v) is 5.00. The summed E-state index contributed by atoms with van der Waals surface area (Å²) in [5, 5.41) is 4.31. The van der Waals surface area contributed by atoms with E-state index in [1.54, 1.807) is 0 Å². The molecule has 7 nitrogen and oxygen atoms in total. The predicted octanol–water partition coefficient (Wildman–Crippen LogP) is 4.05. The standard InChI is InChI=1S/C21H28ClN5O2/c1-21(2)26-19(23)25-20(24)27(21)29-14-8-4-3-7-13-28-18-12-11-17(22)15-9-5-6-10-16(15)18/h5-6,9-12H,3-4,7-8,13-14H2,1-2H3,(H4,23,24,25,26). The highest BCUT2D eigenvalue weighted by atomic mass is 35.5. The molecule has 0 aliphatic carbocycles. The SMILES string of the molecule is CC1(C)N=C(N)N=C(N)N1OCCCCCCOc1ccc(Cl)c2ccccc12. The molecule has 0 atom stereocenters. The van der Waals surface area contributed by atoms with Gasteiger partial charge in [-0.15, -0.1) is 0 Å². The Labute approximate surface area is 176 Å². The number of guanidine groups is 2. The Morgan fingerprint density at radius 1 is 0.966 bits per heavy atom. The van der Waals surface area contributed by atoms with Gasteiger partial charge in [-0.1, -0.05) is 42.3 Å². The second-order valence-corrected chi connectivity index (χ2v) is 7.82. The highest BCUT2D eigenvalue weighted by molar-refractivity contribution is 6.35. The van der Waals surface area contributed by atoms with Crippen LogP contribution in [0.1, 0.15) is 39.5 Å². The Bertz CT molecular complexity index is 913. The molecule has 0 unspecified atom stereocenters. The van der Waals surface area contributed by atoms with Crippen molar-refractivity contribution >= 4 is 34.3 Å². The fraction of sp³-hybridized carbons (Fsp3) is 0.429. The van der Waals surface area contributed by atoms with Gasteiger partial charge < -0.3 is 16.2 Å². The molecule has 0 amide bonds. The number of hydroxylamine groups is 2. The summed E-state index contributed by atoms with van der Waals surface area (Å²) in [6.07, 6.45) is 3.95. The van der Waals surface area contributed by atoms with E-state index in [0.717, 1.165) is 47.2 Å². The minimum Gasteiger partial charge on any atom is -0.493 e. The van der Waals surface area contributed by atoms with Gasteiger partial charge in [0.05, 0.1) is 13.2 Å². The van der Waals surface area contributed by atoms with Crippen molar-refractivity contribution in [3.63, 3.8) is 0 Å². The Balaban J connectivity index is 1.35. The van der Waals surface area contributed by atoms with E-state index in [1.165, 1.54) is 5.06 Å². The van der Waals surface area contributed by atoms with Crippen LogP contribution in [0.2, 0.25) is 5.02 Å². The number of halogens is 1. The van der Waals surface area contributed by atoms with Gasteiger partial charge in [-0.2, -0.15) is 10.1 Å². The quantitative estimate of drug-likeness (QED) is 0.600. The third kappa shape index (κ3) is 5.31. The van der Waals surface area contributed by atoms with E-state index in [9.17, 15) is 0 Å². The van der Waals surface area contributed by atoms with Crippen molar-refractivity contribution in [1.82, 2.24) is 5.06 Å². The van der Waals surface area contributed by atoms with Crippen LogP contribution in [0.15, 0.2) is 46.4 Å². The summed E-state index contributed by atoms with van der Waals surface area (Å²) in [6, 6.07) is 11.8. The van der Waals surface area contributed by atoms with Crippen molar-refractivity contribution in [1.29, 1.82) is 0 Å². The number of aliphatic imine (C=N–C) groups is 2. The number of ether oxygens (including phenoxy) is 1.